The zero-order chi connectivity index (χ0) is 23.3. The second-order valence-corrected chi connectivity index (χ2v) is 9.83. The third-order valence-electron chi connectivity index (χ3n) is 7.39. The molecular formula is C22H25ClF2N6O2. The molecular weight excluding hydrogens is 454 g/mol. The maximum atomic E-state index is 13.6. The molecule has 0 radical (unpaired) electrons. The molecule has 11 heteroatoms. The van der Waals surface area contributed by atoms with Crippen molar-refractivity contribution in [2.75, 3.05) is 5.88 Å². The minimum Gasteiger partial charge on any atom is -0.351 e. The lowest BCUT2D eigenvalue weighted by Gasteiger charge is -2.74. The molecule has 1 N–H and O–H groups in total. The molecule has 6 rings (SSSR count). The van der Waals surface area contributed by atoms with E-state index in [1.54, 1.807) is 17.4 Å². The van der Waals surface area contributed by atoms with Gasteiger partial charge in [0, 0.05) is 49.2 Å². The summed E-state index contributed by atoms with van der Waals surface area (Å²) in [5.74, 6) is -3.73. The number of aromatic nitrogens is 4. The van der Waals surface area contributed by atoms with Crippen molar-refractivity contribution in [1.29, 1.82) is 0 Å². The number of carbonyl (C=O) groups excluding carboxylic acids is 2. The molecule has 4 fully saturated rings. The molecule has 4 saturated carbocycles. The highest BCUT2D eigenvalue weighted by Crippen LogP contribution is 2.69. The fraction of sp³-hybridized carbons (Fsp3) is 0.591. The van der Waals surface area contributed by atoms with E-state index in [0.29, 0.717) is 24.8 Å². The van der Waals surface area contributed by atoms with Crippen LogP contribution in [0, 0.1) is 0 Å². The van der Waals surface area contributed by atoms with Gasteiger partial charge in [0.15, 0.2) is 0 Å². The van der Waals surface area contributed by atoms with Gasteiger partial charge in [-0.3, -0.25) is 9.59 Å². The highest BCUT2D eigenvalue weighted by atomic mass is 35.5. The van der Waals surface area contributed by atoms with E-state index in [4.69, 9.17) is 11.6 Å². The van der Waals surface area contributed by atoms with Crippen LogP contribution in [0.5, 0.6) is 0 Å². The number of carbonyl (C=O) groups is 2. The van der Waals surface area contributed by atoms with Crippen LogP contribution in [0.25, 0.3) is 0 Å². The average molecular weight is 479 g/mol. The predicted molar refractivity (Wildman–Crippen MR) is 114 cm³/mol. The van der Waals surface area contributed by atoms with Gasteiger partial charge in [-0.25, -0.2) is 23.7 Å². The summed E-state index contributed by atoms with van der Waals surface area (Å²) in [4.78, 5) is 40.5. The topological polar surface area (TPSA) is 93.0 Å². The number of rotatable bonds is 7. The monoisotopic (exact) mass is 478 g/mol. The van der Waals surface area contributed by atoms with E-state index in [0.717, 1.165) is 0 Å². The zero-order valence-electron chi connectivity index (χ0n) is 18.0. The molecule has 0 saturated heterocycles. The molecule has 33 heavy (non-hydrogen) atoms. The molecule has 4 aliphatic carbocycles. The minimum absolute atomic E-state index is 0.107. The molecule has 2 aromatic rings. The summed E-state index contributed by atoms with van der Waals surface area (Å²) in [5.41, 5.74) is -0.144. The van der Waals surface area contributed by atoms with Gasteiger partial charge in [0.2, 0.25) is 17.7 Å². The number of amides is 2. The van der Waals surface area contributed by atoms with E-state index in [1.165, 1.54) is 18.7 Å². The first-order valence-electron chi connectivity index (χ1n) is 11.1. The van der Waals surface area contributed by atoms with Crippen molar-refractivity contribution in [3.8, 4) is 0 Å². The Hall–Kier alpha value is -2.62. The smallest absolute Gasteiger partial charge is 0.248 e. The van der Waals surface area contributed by atoms with E-state index in [2.05, 4.69) is 24.8 Å². The summed E-state index contributed by atoms with van der Waals surface area (Å²) >= 11 is 5.99. The van der Waals surface area contributed by atoms with Gasteiger partial charge in [-0.15, -0.1) is 11.6 Å². The molecule has 2 aromatic heterocycles. The third-order valence-corrected chi connectivity index (χ3v) is 7.62. The Balaban J connectivity index is 1.41. The molecule has 0 aromatic carbocycles. The summed E-state index contributed by atoms with van der Waals surface area (Å²) in [5, 5.41) is 2.91. The number of halogens is 3. The van der Waals surface area contributed by atoms with Gasteiger partial charge < -0.3 is 14.8 Å². The highest BCUT2D eigenvalue weighted by molar-refractivity contribution is 6.27. The second kappa shape index (κ2) is 8.00. The summed E-state index contributed by atoms with van der Waals surface area (Å²) in [6, 6.07) is -1.36. The van der Waals surface area contributed by atoms with E-state index in [-0.39, 0.29) is 49.1 Å². The standard InChI is InChI=1S/C22H25ClF2N6O2/c23-7-17(32)31(21-10-20(11-21,12-21)30-6-5-26-14-30)18(15-8-27-13-28-9-15)19(33)29-16-1-3-22(24,25)4-2-16/h5-6,8-9,13-14,16,18H,1-4,7,10-12H2,(H,29,33). The van der Waals surface area contributed by atoms with Gasteiger partial charge >= 0.3 is 0 Å². The zero-order valence-corrected chi connectivity index (χ0v) is 18.7. The summed E-state index contributed by atoms with van der Waals surface area (Å²) in [6.45, 7) is 0. The van der Waals surface area contributed by atoms with Crippen molar-refractivity contribution in [2.24, 2.45) is 0 Å². The van der Waals surface area contributed by atoms with Gasteiger partial charge in [-0.2, -0.15) is 0 Å². The number of nitrogens with zero attached hydrogens (tertiary/aromatic N) is 5. The molecule has 8 nitrogen and oxygen atoms in total. The van der Waals surface area contributed by atoms with Crippen LogP contribution in [0.3, 0.4) is 0 Å². The van der Waals surface area contributed by atoms with Gasteiger partial charge in [0.25, 0.3) is 0 Å². The van der Waals surface area contributed by atoms with Gasteiger partial charge in [-0.05, 0) is 32.1 Å². The number of nitrogens with one attached hydrogen (secondary N) is 1. The maximum Gasteiger partial charge on any atom is 0.248 e. The lowest BCUT2D eigenvalue weighted by molar-refractivity contribution is -0.218. The Morgan fingerprint density at radius 2 is 1.85 bits per heavy atom. The first kappa shape index (κ1) is 22.2. The van der Waals surface area contributed by atoms with Crippen LogP contribution in [0.4, 0.5) is 8.78 Å². The van der Waals surface area contributed by atoms with Crippen molar-refractivity contribution in [3.63, 3.8) is 0 Å². The van der Waals surface area contributed by atoms with Crippen molar-refractivity contribution in [1.82, 2.24) is 29.7 Å². The Morgan fingerprint density at radius 3 is 2.42 bits per heavy atom. The van der Waals surface area contributed by atoms with E-state index < -0.39 is 23.4 Å². The highest BCUT2D eigenvalue weighted by Gasteiger charge is 2.73. The second-order valence-electron chi connectivity index (χ2n) is 9.56. The van der Waals surface area contributed by atoms with Gasteiger partial charge in [0.05, 0.1) is 17.4 Å². The normalized spacial score (nSPS) is 28.8. The average Bonchev–Trinajstić information content (AvgIpc) is 3.27. The third kappa shape index (κ3) is 3.78. The fourth-order valence-electron chi connectivity index (χ4n) is 5.83. The number of hydrogen-bond acceptors (Lipinski definition) is 5. The van der Waals surface area contributed by atoms with Crippen LogP contribution in [0.1, 0.15) is 56.6 Å². The number of hydrogen-bond donors (Lipinski definition) is 1. The first-order chi connectivity index (χ1) is 15.8. The van der Waals surface area contributed by atoms with Crippen LogP contribution in [0.15, 0.2) is 37.4 Å². The fourth-order valence-corrected chi connectivity index (χ4v) is 5.96. The molecule has 176 valence electrons. The molecule has 2 heterocycles. The summed E-state index contributed by atoms with van der Waals surface area (Å²) in [6.07, 6.45) is 11.7. The Kier molecular flexibility index (Phi) is 5.38. The van der Waals surface area contributed by atoms with Crippen molar-refractivity contribution in [2.45, 2.75) is 74.0 Å². The van der Waals surface area contributed by atoms with E-state index in [1.807, 2.05) is 6.20 Å². The van der Waals surface area contributed by atoms with Crippen molar-refractivity contribution in [3.05, 3.63) is 43.0 Å². The minimum atomic E-state index is -2.69. The predicted octanol–water partition coefficient (Wildman–Crippen LogP) is 2.81. The van der Waals surface area contributed by atoms with Crippen LogP contribution in [-0.4, -0.2) is 59.6 Å². The molecule has 0 spiro atoms. The van der Waals surface area contributed by atoms with Gasteiger partial charge in [0.1, 0.15) is 18.2 Å². The largest absolute Gasteiger partial charge is 0.351 e. The molecule has 2 amide bonds. The Bertz CT molecular complexity index is 1000. The lowest BCUT2D eigenvalue weighted by atomic mass is 9.43. The number of imidazole rings is 1. The Labute approximate surface area is 194 Å². The molecule has 1 atom stereocenters. The Morgan fingerprint density at radius 1 is 1.18 bits per heavy atom. The quantitative estimate of drug-likeness (QED) is 0.618. The lowest BCUT2D eigenvalue weighted by Crippen LogP contribution is -2.80. The molecule has 4 aliphatic rings. The van der Waals surface area contributed by atoms with Crippen LogP contribution < -0.4 is 5.32 Å². The van der Waals surface area contributed by atoms with E-state index >= 15 is 0 Å². The summed E-state index contributed by atoms with van der Waals surface area (Å²) < 4.78 is 29.2. The van der Waals surface area contributed by atoms with Crippen LogP contribution in [-0.2, 0) is 15.1 Å². The SMILES string of the molecule is O=C(NC1CCC(F)(F)CC1)C(c1cncnc1)N(C(=O)CCl)C12CC(n3ccnc3)(C1)C2. The van der Waals surface area contributed by atoms with Crippen molar-refractivity contribution < 1.29 is 18.4 Å². The molecule has 0 aliphatic heterocycles. The maximum absolute atomic E-state index is 13.6. The van der Waals surface area contributed by atoms with Crippen LogP contribution in [0.2, 0.25) is 0 Å². The van der Waals surface area contributed by atoms with Crippen LogP contribution >= 0.6 is 11.6 Å². The van der Waals surface area contributed by atoms with E-state index in [9.17, 15) is 18.4 Å². The van der Waals surface area contributed by atoms with Gasteiger partial charge in [-0.1, -0.05) is 0 Å². The summed E-state index contributed by atoms with van der Waals surface area (Å²) in [7, 11) is 0. The number of alkyl halides is 3. The van der Waals surface area contributed by atoms with Crippen molar-refractivity contribution >= 4 is 23.4 Å². The first-order valence-corrected chi connectivity index (χ1v) is 11.6. The molecule has 2 bridgehead atoms. The molecule has 1 unspecified atom stereocenters.